The monoisotopic (exact) mass is 1540 g/mol. The Morgan fingerprint density at radius 2 is 0.381 bits per heavy atom. The van der Waals surface area contributed by atoms with Crippen LogP contribution in [0.5, 0.6) is 0 Å². The third-order valence-corrected chi connectivity index (χ3v) is 22.3. The van der Waals surface area contributed by atoms with E-state index in [1.165, 1.54) is 302 Å². The molecule has 0 radical (unpaired) electrons. The molecule has 2 unspecified atom stereocenters. The number of carbonyl (C=O) groups excluding carboxylic acids is 4. The first-order valence-electron chi connectivity index (χ1n) is 44.8. The summed E-state index contributed by atoms with van der Waals surface area (Å²) >= 11 is 0. The molecule has 19 heteroatoms. The van der Waals surface area contributed by atoms with Crippen molar-refractivity contribution in [3.63, 3.8) is 0 Å². The molecule has 5 atom stereocenters. The minimum absolute atomic E-state index is 0.109. The highest BCUT2D eigenvalue weighted by atomic mass is 31.2. The number of hydrogen-bond acceptors (Lipinski definition) is 15. The smallest absolute Gasteiger partial charge is 0.462 e. The molecule has 105 heavy (non-hydrogen) atoms. The van der Waals surface area contributed by atoms with Crippen LogP contribution in [-0.4, -0.2) is 96.7 Å². The van der Waals surface area contributed by atoms with Gasteiger partial charge in [-0.2, -0.15) is 0 Å². The van der Waals surface area contributed by atoms with E-state index in [0.29, 0.717) is 25.7 Å². The molecule has 17 nitrogen and oxygen atoms in total. The van der Waals surface area contributed by atoms with Gasteiger partial charge in [-0.1, -0.05) is 419 Å². The topological polar surface area (TPSA) is 237 Å². The summed E-state index contributed by atoms with van der Waals surface area (Å²) < 4.78 is 68.8. The first-order valence-corrected chi connectivity index (χ1v) is 47.8. The first kappa shape index (κ1) is 103. The lowest BCUT2D eigenvalue weighted by molar-refractivity contribution is -0.161. The van der Waals surface area contributed by atoms with Crippen LogP contribution in [0, 0.1) is 0 Å². The number of rotatable bonds is 87. The standard InChI is InChI=1S/C86H168O17P2/c1-5-9-13-17-21-25-28-31-34-37-39-40-41-42-44-47-50-53-57-61-65-69-73-86(91)103-82(77-97-84(89)71-67-63-59-55-51-48-46-43-38-35-32-29-26-22-18-14-10-6-2)79-101-105(94,95)99-75-80(87)74-98-104(92,93)100-78-81(76-96-83(88)70-66-62-58-54-24-20-16-12-8-4)102-85(90)72-68-64-60-56-52-49-45-36-33-30-27-23-19-15-11-7-3/h80-82,87H,5-79H2,1-4H3,(H,92,93)(H,94,95)/t80-,81+,82+/m0/s1. The van der Waals surface area contributed by atoms with Gasteiger partial charge in [-0.25, -0.2) is 9.13 Å². The molecule has 0 aromatic rings. The summed E-state index contributed by atoms with van der Waals surface area (Å²) in [6, 6.07) is 0. The Morgan fingerprint density at radius 3 is 0.562 bits per heavy atom. The molecule has 0 saturated heterocycles. The quantitative estimate of drug-likeness (QED) is 0.0222. The summed E-state index contributed by atoms with van der Waals surface area (Å²) in [4.78, 5) is 73.2. The van der Waals surface area contributed by atoms with Crippen LogP contribution in [0.4, 0.5) is 0 Å². The van der Waals surface area contributed by atoms with Crippen LogP contribution in [0.1, 0.15) is 471 Å². The SMILES string of the molecule is CCCCCCCCCCCCCCCCCCCCCCCCC(=O)O[C@H](COC(=O)CCCCCCCCCCCCCCCCCCCC)COP(=O)(O)OC[C@@H](O)COP(=O)(O)OC[C@@H](COC(=O)CCCCCCCCCCC)OC(=O)CCCCCCCCCCCCCCCCCC. The number of phosphoric ester groups is 2. The van der Waals surface area contributed by atoms with E-state index in [4.69, 9.17) is 37.0 Å². The molecular weight excluding hydrogens is 1370 g/mol. The van der Waals surface area contributed by atoms with Gasteiger partial charge in [-0.05, 0) is 25.7 Å². The third kappa shape index (κ3) is 79.9. The van der Waals surface area contributed by atoms with Crippen LogP contribution in [0.3, 0.4) is 0 Å². The number of aliphatic hydroxyl groups is 1. The second-order valence-electron chi connectivity index (χ2n) is 30.9. The van der Waals surface area contributed by atoms with E-state index in [2.05, 4.69) is 27.7 Å². The number of carbonyl (C=O) groups is 4. The normalized spacial score (nSPS) is 13.7. The zero-order valence-corrected chi connectivity index (χ0v) is 70.5. The van der Waals surface area contributed by atoms with E-state index in [1.54, 1.807) is 0 Å². The van der Waals surface area contributed by atoms with Crippen LogP contribution in [-0.2, 0) is 65.4 Å². The maximum absolute atomic E-state index is 13.1. The molecule has 0 aromatic heterocycles. The second-order valence-corrected chi connectivity index (χ2v) is 33.8. The van der Waals surface area contributed by atoms with Crippen molar-refractivity contribution in [1.29, 1.82) is 0 Å². The van der Waals surface area contributed by atoms with E-state index < -0.39 is 97.5 Å². The van der Waals surface area contributed by atoms with Gasteiger partial charge in [0, 0.05) is 25.7 Å². The van der Waals surface area contributed by atoms with Crippen LogP contribution in [0.25, 0.3) is 0 Å². The maximum Gasteiger partial charge on any atom is 0.472 e. The van der Waals surface area contributed by atoms with E-state index in [0.717, 1.165) is 89.9 Å². The molecular formula is C86H168O17P2. The van der Waals surface area contributed by atoms with Crippen LogP contribution in [0.15, 0.2) is 0 Å². The Morgan fingerprint density at radius 1 is 0.229 bits per heavy atom. The van der Waals surface area contributed by atoms with Crippen molar-refractivity contribution in [1.82, 2.24) is 0 Å². The summed E-state index contributed by atoms with van der Waals surface area (Å²) in [6.07, 6.45) is 75.1. The van der Waals surface area contributed by atoms with Crippen LogP contribution >= 0.6 is 15.6 Å². The van der Waals surface area contributed by atoms with Crippen molar-refractivity contribution in [3.05, 3.63) is 0 Å². The lowest BCUT2D eigenvalue weighted by atomic mass is 10.0. The number of unbranched alkanes of at least 4 members (excludes halogenated alkanes) is 61. The summed E-state index contributed by atoms with van der Waals surface area (Å²) in [6.45, 7) is 5.04. The number of ether oxygens (including phenoxy) is 4. The lowest BCUT2D eigenvalue weighted by Gasteiger charge is -2.21. The van der Waals surface area contributed by atoms with Gasteiger partial charge in [0.1, 0.15) is 19.3 Å². The third-order valence-electron chi connectivity index (χ3n) is 20.4. The molecule has 0 aliphatic heterocycles. The molecule has 0 aliphatic rings. The predicted molar refractivity (Wildman–Crippen MR) is 432 cm³/mol. The fraction of sp³-hybridized carbons (Fsp3) is 0.953. The van der Waals surface area contributed by atoms with Crippen molar-refractivity contribution in [2.24, 2.45) is 0 Å². The average molecular weight is 1540 g/mol. The molecule has 3 N–H and O–H groups in total. The summed E-state index contributed by atoms with van der Waals surface area (Å²) in [5.74, 6) is -2.10. The fourth-order valence-electron chi connectivity index (χ4n) is 13.5. The number of aliphatic hydroxyl groups excluding tert-OH is 1. The molecule has 0 amide bonds. The fourth-order valence-corrected chi connectivity index (χ4v) is 15.1. The van der Waals surface area contributed by atoms with E-state index in [9.17, 15) is 43.2 Å². The van der Waals surface area contributed by atoms with E-state index >= 15 is 0 Å². The molecule has 0 rings (SSSR count). The van der Waals surface area contributed by atoms with E-state index in [-0.39, 0.29) is 25.7 Å². The van der Waals surface area contributed by atoms with Crippen molar-refractivity contribution < 1.29 is 80.2 Å². The van der Waals surface area contributed by atoms with Gasteiger partial charge in [0.25, 0.3) is 0 Å². The molecule has 0 heterocycles. The van der Waals surface area contributed by atoms with Gasteiger partial charge in [0.15, 0.2) is 12.2 Å². The summed E-state index contributed by atoms with van der Waals surface area (Å²) in [5, 5.41) is 10.7. The molecule has 0 fully saturated rings. The van der Waals surface area contributed by atoms with E-state index in [1.807, 2.05) is 0 Å². The molecule has 0 spiro atoms. The second kappa shape index (κ2) is 80.1. The molecule has 624 valence electrons. The van der Waals surface area contributed by atoms with Gasteiger partial charge in [-0.3, -0.25) is 37.3 Å². The van der Waals surface area contributed by atoms with Crippen LogP contribution < -0.4 is 0 Å². The molecule has 0 saturated carbocycles. The number of hydrogen-bond donors (Lipinski definition) is 3. The zero-order chi connectivity index (χ0) is 76.7. The zero-order valence-electron chi connectivity index (χ0n) is 68.7. The predicted octanol–water partition coefficient (Wildman–Crippen LogP) is 26.5. The highest BCUT2D eigenvalue weighted by molar-refractivity contribution is 7.47. The Balaban J connectivity index is 5.19. The van der Waals surface area contributed by atoms with Crippen molar-refractivity contribution in [2.45, 2.75) is 489 Å². The first-order chi connectivity index (χ1) is 51.2. The highest BCUT2D eigenvalue weighted by Gasteiger charge is 2.30. The van der Waals surface area contributed by atoms with Crippen LogP contribution in [0.2, 0.25) is 0 Å². The molecule has 0 aliphatic carbocycles. The lowest BCUT2D eigenvalue weighted by Crippen LogP contribution is -2.30. The van der Waals surface area contributed by atoms with Gasteiger partial charge in [0.2, 0.25) is 0 Å². The highest BCUT2D eigenvalue weighted by Crippen LogP contribution is 2.45. The maximum atomic E-state index is 13.1. The Hall–Kier alpha value is -1.94. The summed E-state index contributed by atoms with van der Waals surface area (Å²) in [5.41, 5.74) is 0. The van der Waals surface area contributed by atoms with Crippen molar-refractivity contribution >= 4 is 39.5 Å². The minimum Gasteiger partial charge on any atom is -0.462 e. The molecule has 0 aromatic carbocycles. The number of esters is 4. The Bertz CT molecular complexity index is 1980. The van der Waals surface area contributed by atoms with Gasteiger partial charge >= 0.3 is 39.5 Å². The average Bonchev–Trinajstić information content (AvgIpc) is 0.995. The van der Waals surface area contributed by atoms with Gasteiger partial charge < -0.3 is 33.8 Å². The van der Waals surface area contributed by atoms with Crippen molar-refractivity contribution in [3.8, 4) is 0 Å². The summed E-state index contributed by atoms with van der Waals surface area (Å²) in [7, 11) is -9.92. The van der Waals surface area contributed by atoms with Gasteiger partial charge in [0.05, 0.1) is 26.4 Å². The Labute approximate surface area is 645 Å². The largest absolute Gasteiger partial charge is 0.472 e. The number of phosphoric acid groups is 2. The minimum atomic E-state index is -4.96. The Kier molecular flexibility index (Phi) is 78.6. The van der Waals surface area contributed by atoms with Gasteiger partial charge in [-0.15, -0.1) is 0 Å². The molecule has 0 bridgehead atoms. The van der Waals surface area contributed by atoms with Crippen molar-refractivity contribution in [2.75, 3.05) is 39.6 Å².